The molecule has 2 rings (SSSR count). The van der Waals surface area contributed by atoms with Crippen molar-refractivity contribution in [3.05, 3.63) is 63.7 Å². The summed E-state index contributed by atoms with van der Waals surface area (Å²) in [4.78, 5) is 22.7. The van der Waals surface area contributed by atoms with Gasteiger partial charge in [-0.2, -0.15) is 4.31 Å². The average molecular weight is 406 g/mol. The predicted molar refractivity (Wildman–Crippen MR) is 105 cm³/mol. The Labute approximate surface area is 163 Å². The van der Waals surface area contributed by atoms with Gasteiger partial charge in [-0.05, 0) is 29.8 Å². The smallest absolute Gasteiger partial charge is 0.292 e. The number of sulfonamides is 1. The van der Waals surface area contributed by atoms with E-state index in [-0.39, 0.29) is 28.4 Å². The average Bonchev–Trinajstić information content (AvgIpc) is 2.67. The molecule has 0 aliphatic carbocycles. The van der Waals surface area contributed by atoms with E-state index in [0.717, 1.165) is 6.07 Å². The van der Waals surface area contributed by atoms with E-state index in [4.69, 9.17) is 5.73 Å². The van der Waals surface area contributed by atoms with Gasteiger partial charge in [-0.25, -0.2) is 8.42 Å². The third kappa shape index (κ3) is 4.65. The molecule has 0 radical (unpaired) electrons. The summed E-state index contributed by atoms with van der Waals surface area (Å²) in [5.74, 6) is -0.497. The summed E-state index contributed by atoms with van der Waals surface area (Å²) in [6.07, 6.45) is 0. The van der Waals surface area contributed by atoms with E-state index < -0.39 is 20.9 Å². The lowest BCUT2D eigenvalue weighted by molar-refractivity contribution is -0.383. The fourth-order valence-corrected chi connectivity index (χ4v) is 4.08. The van der Waals surface area contributed by atoms with Crippen LogP contribution in [0.5, 0.6) is 0 Å². The Balaban J connectivity index is 2.09. The van der Waals surface area contributed by atoms with Crippen molar-refractivity contribution >= 4 is 27.3 Å². The van der Waals surface area contributed by atoms with Gasteiger partial charge in [0.05, 0.1) is 9.82 Å². The van der Waals surface area contributed by atoms with Crippen molar-refractivity contribution < 1.29 is 18.1 Å². The van der Waals surface area contributed by atoms with Crippen LogP contribution in [0, 0.1) is 10.1 Å². The maximum atomic E-state index is 12.5. The number of rotatable bonds is 8. The summed E-state index contributed by atoms with van der Waals surface area (Å²) < 4.78 is 26.3. The molecular formula is C18H22N4O5S. The Morgan fingerprint density at radius 1 is 1.14 bits per heavy atom. The maximum Gasteiger partial charge on any atom is 0.292 e. The summed E-state index contributed by atoms with van der Waals surface area (Å²) in [7, 11) is -3.54. The number of hydrogen-bond donors (Lipinski definition) is 2. The number of nitrogen functional groups attached to an aromatic ring is 1. The molecule has 0 saturated heterocycles. The zero-order valence-electron chi connectivity index (χ0n) is 15.6. The van der Waals surface area contributed by atoms with Gasteiger partial charge in [0.15, 0.2) is 0 Å². The summed E-state index contributed by atoms with van der Waals surface area (Å²) in [6.45, 7) is 4.44. The third-order valence-electron chi connectivity index (χ3n) is 4.21. The zero-order valence-corrected chi connectivity index (χ0v) is 16.4. The van der Waals surface area contributed by atoms with Crippen molar-refractivity contribution in [1.29, 1.82) is 0 Å². The van der Waals surface area contributed by atoms with Crippen molar-refractivity contribution in [3.8, 4) is 0 Å². The van der Waals surface area contributed by atoms with Gasteiger partial charge in [0.25, 0.3) is 11.6 Å². The first-order valence-electron chi connectivity index (χ1n) is 8.61. The number of anilines is 1. The summed E-state index contributed by atoms with van der Waals surface area (Å²) >= 11 is 0. The van der Waals surface area contributed by atoms with Gasteiger partial charge in [-0.15, -0.1) is 0 Å². The number of hydrogen-bond acceptors (Lipinski definition) is 6. The van der Waals surface area contributed by atoms with E-state index in [1.807, 2.05) is 0 Å². The molecule has 0 atom stereocenters. The van der Waals surface area contributed by atoms with Gasteiger partial charge >= 0.3 is 0 Å². The molecule has 0 fully saturated rings. The molecular weight excluding hydrogens is 384 g/mol. The van der Waals surface area contributed by atoms with E-state index in [1.54, 1.807) is 26.0 Å². The normalized spacial score (nSPS) is 11.4. The standard InChI is InChI=1S/C18H22N4O5S/c1-3-21(4-2)28(26,27)15-8-5-13(6-9-15)12-20-18(23)14-7-10-16(19)17(11-14)22(24)25/h5-11H,3-4,12,19H2,1-2H3,(H,20,23). The number of nitrogens with two attached hydrogens (primary N) is 1. The predicted octanol–water partition coefficient (Wildman–Crippen LogP) is 2.14. The van der Waals surface area contributed by atoms with E-state index in [9.17, 15) is 23.3 Å². The quantitative estimate of drug-likeness (QED) is 0.392. The van der Waals surface area contributed by atoms with Crippen LogP contribution in [-0.4, -0.2) is 36.6 Å². The summed E-state index contributed by atoms with van der Waals surface area (Å²) in [6, 6.07) is 10.0. The highest BCUT2D eigenvalue weighted by Gasteiger charge is 2.21. The van der Waals surface area contributed by atoms with Crippen molar-refractivity contribution in [3.63, 3.8) is 0 Å². The molecule has 28 heavy (non-hydrogen) atoms. The van der Waals surface area contributed by atoms with Gasteiger partial charge in [-0.1, -0.05) is 26.0 Å². The van der Waals surface area contributed by atoms with Crippen LogP contribution >= 0.6 is 0 Å². The van der Waals surface area contributed by atoms with E-state index in [2.05, 4.69) is 5.32 Å². The van der Waals surface area contributed by atoms with Crippen LogP contribution in [0.2, 0.25) is 0 Å². The molecule has 0 heterocycles. The van der Waals surface area contributed by atoms with E-state index >= 15 is 0 Å². The molecule has 2 aromatic carbocycles. The second-order valence-corrected chi connectivity index (χ2v) is 7.88. The number of carbonyl (C=O) groups is 1. The number of nitro benzene ring substituents is 1. The Hall–Kier alpha value is -2.98. The summed E-state index contributed by atoms with van der Waals surface area (Å²) in [5.41, 5.74) is 5.97. The second-order valence-electron chi connectivity index (χ2n) is 5.95. The monoisotopic (exact) mass is 406 g/mol. The zero-order chi connectivity index (χ0) is 20.9. The van der Waals surface area contributed by atoms with Gasteiger partial charge in [0.1, 0.15) is 5.69 Å². The lowest BCUT2D eigenvalue weighted by atomic mass is 10.1. The Bertz CT molecular complexity index is 970. The first-order chi connectivity index (χ1) is 13.2. The van der Waals surface area contributed by atoms with Crippen LogP contribution in [0.4, 0.5) is 11.4 Å². The van der Waals surface area contributed by atoms with Crippen LogP contribution in [-0.2, 0) is 16.6 Å². The first-order valence-corrected chi connectivity index (χ1v) is 10.1. The molecule has 9 nitrogen and oxygen atoms in total. The molecule has 0 aliphatic rings. The summed E-state index contributed by atoms with van der Waals surface area (Å²) in [5, 5.41) is 13.6. The third-order valence-corrected chi connectivity index (χ3v) is 6.27. The molecule has 0 unspecified atom stereocenters. The number of amides is 1. The van der Waals surface area contributed by atoms with Gasteiger partial charge < -0.3 is 11.1 Å². The Morgan fingerprint density at radius 2 is 1.75 bits per heavy atom. The minimum absolute atomic E-state index is 0.0217. The highest BCUT2D eigenvalue weighted by Crippen LogP contribution is 2.22. The molecule has 3 N–H and O–H groups in total. The van der Waals surface area contributed by atoms with Gasteiger partial charge in [0.2, 0.25) is 10.0 Å². The molecule has 0 aliphatic heterocycles. The number of benzene rings is 2. The van der Waals surface area contributed by atoms with Crippen LogP contribution in [0.1, 0.15) is 29.8 Å². The maximum absolute atomic E-state index is 12.5. The van der Waals surface area contributed by atoms with Crippen molar-refractivity contribution in [2.45, 2.75) is 25.3 Å². The Morgan fingerprint density at radius 3 is 2.29 bits per heavy atom. The molecule has 0 spiro atoms. The molecule has 2 aromatic rings. The molecule has 150 valence electrons. The van der Waals surface area contributed by atoms with Crippen LogP contribution in [0.3, 0.4) is 0 Å². The van der Waals surface area contributed by atoms with Gasteiger partial charge in [0, 0.05) is 31.3 Å². The molecule has 0 bridgehead atoms. The van der Waals surface area contributed by atoms with E-state index in [0.29, 0.717) is 18.7 Å². The highest BCUT2D eigenvalue weighted by atomic mass is 32.2. The number of nitrogens with one attached hydrogen (secondary N) is 1. The fourth-order valence-electron chi connectivity index (χ4n) is 2.62. The SMILES string of the molecule is CCN(CC)S(=O)(=O)c1ccc(CNC(=O)c2ccc(N)c([N+](=O)[O-])c2)cc1. The Kier molecular flexibility index (Phi) is 6.71. The van der Waals surface area contributed by atoms with E-state index in [1.165, 1.54) is 28.6 Å². The second kappa shape index (κ2) is 8.81. The molecule has 0 aromatic heterocycles. The molecule has 0 saturated carbocycles. The number of carbonyl (C=O) groups excluding carboxylic acids is 1. The highest BCUT2D eigenvalue weighted by molar-refractivity contribution is 7.89. The molecule has 1 amide bonds. The largest absolute Gasteiger partial charge is 0.393 e. The fraction of sp³-hybridized carbons (Fsp3) is 0.278. The van der Waals surface area contributed by atoms with Crippen LogP contribution in [0.15, 0.2) is 47.4 Å². The van der Waals surface area contributed by atoms with Crippen molar-refractivity contribution in [1.82, 2.24) is 9.62 Å². The minimum Gasteiger partial charge on any atom is -0.393 e. The minimum atomic E-state index is -3.54. The van der Waals surface area contributed by atoms with Gasteiger partial charge in [-0.3, -0.25) is 14.9 Å². The number of nitrogens with zero attached hydrogens (tertiary/aromatic N) is 2. The van der Waals surface area contributed by atoms with Crippen molar-refractivity contribution in [2.75, 3.05) is 18.8 Å². The lowest BCUT2D eigenvalue weighted by Crippen LogP contribution is -2.30. The van der Waals surface area contributed by atoms with Crippen LogP contribution < -0.4 is 11.1 Å². The topological polar surface area (TPSA) is 136 Å². The van der Waals surface area contributed by atoms with Crippen molar-refractivity contribution in [2.24, 2.45) is 0 Å². The molecule has 10 heteroatoms. The van der Waals surface area contributed by atoms with Crippen LogP contribution in [0.25, 0.3) is 0 Å². The number of nitro groups is 1. The lowest BCUT2D eigenvalue weighted by Gasteiger charge is -2.18. The first kappa shape index (κ1) is 21.3.